The van der Waals surface area contributed by atoms with E-state index in [-0.39, 0.29) is 0 Å². The molecule has 0 aliphatic heterocycles. The van der Waals surface area contributed by atoms with E-state index in [0.29, 0.717) is 0 Å². The van der Waals surface area contributed by atoms with Crippen molar-refractivity contribution in [2.75, 3.05) is 0 Å². The van der Waals surface area contributed by atoms with E-state index >= 15 is 0 Å². The molecule has 0 radical (unpaired) electrons. The van der Waals surface area contributed by atoms with E-state index in [2.05, 4.69) is 6.58 Å². The van der Waals surface area contributed by atoms with Gasteiger partial charge in [-0.25, -0.2) is 4.79 Å². The summed E-state index contributed by atoms with van der Waals surface area (Å²) in [4.78, 5) is 10.2. The fraction of sp³-hybridized carbons (Fsp3) is 0.182. The quantitative estimate of drug-likeness (QED) is 0.531. The number of allylic oxidation sites excluding steroid dienone is 6. The van der Waals surface area contributed by atoms with Crippen molar-refractivity contribution >= 4 is 5.97 Å². The molecule has 0 amide bonds. The summed E-state index contributed by atoms with van der Waals surface area (Å²) in [5.41, 5.74) is 1.86. The number of carboxylic acid groups (broad SMARTS) is 1. The van der Waals surface area contributed by atoms with Gasteiger partial charge in [0.25, 0.3) is 0 Å². The Kier molecular flexibility index (Phi) is 5.28. The summed E-state index contributed by atoms with van der Waals surface area (Å²) < 4.78 is 0. The van der Waals surface area contributed by atoms with Crippen molar-refractivity contribution in [2.24, 2.45) is 0 Å². The Bertz CT molecular complexity index is 280. The summed E-state index contributed by atoms with van der Waals surface area (Å²) in [7, 11) is 0. The van der Waals surface area contributed by atoms with Crippen LogP contribution in [0.4, 0.5) is 0 Å². The third-order valence-electron chi connectivity index (χ3n) is 1.50. The number of aliphatic carboxylic acids is 1. The smallest absolute Gasteiger partial charge is 0.328 e. The van der Waals surface area contributed by atoms with Gasteiger partial charge in [0.05, 0.1) is 0 Å². The molecule has 0 spiro atoms. The van der Waals surface area contributed by atoms with Crippen LogP contribution in [0, 0.1) is 0 Å². The largest absolute Gasteiger partial charge is 0.478 e. The minimum atomic E-state index is -0.953. The van der Waals surface area contributed by atoms with E-state index in [1.807, 2.05) is 26.0 Å². The van der Waals surface area contributed by atoms with Crippen LogP contribution in [0.15, 0.2) is 48.1 Å². The number of carbonyl (C=O) groups is 1. The Balaban J connectivity index is 4.61. The van der Waals surface area contributed by atoms with Gasteiger partial charge in [0.1, 0.15) is 0 Å². The SMILES string of the molecule is C=CC(/C=C/C(=O)O)=C\C(C)=C/C. The van der Waals surface area contributed by atoms with Crippen LogP contribution in [0.25, 0.3) is 0 Å². The highest BCUT2D eigenvalue weighted by atomic mass is 16.4. The van der Waals surface area contributed by atoms with Gasteiger partial charge in [-0.2, -0.15) is 0 Å². The maximum absolute atomic E-state index is 10.2. The molecule has 0 aromatic heterocycles. The zero-order chi connectivity index (χ0) is 10.3. The van der Waals surface area contributed by atoms with Gasteiger partial charge in [0.15, 0.2) is 0 Å². The van der Waals surface area contributed by atoms with Crippen molar-refractivity contribution in [2.45, 2.75) is 13.8 Å². The molecule has 13 heavy (non-hydrogen) atoms. The molecular weight excluding hydrogens is 164 g/mol. The molecule has 0 aromatic carbocycles. The molecule has 2 nitrogen and oxygen atoms in total. The van der Waals surface area contributed by atoms with Crippen LogP contribution in [0.2, 0.25) is 0 Å². The van der Waals surface area contributed by atoms with Crippen molar-refractivity contribution in [3.63, 3.8) is 0 Å². The highest BCUT2D eigenvalue weighted by Gasteiger charge is 1.89. The van der Waals surface area contributed by atoms with Crippen molar-refractivity contribution in [3.05, 3.63) is 48.1 Å². The van der Waals surface area contributed by atoms with E-state index < -0.39 is 5.97 Å². The van der Waals surface area contributed by atoms with Gasteiger partial charge in [-0.3, -0.25) is 0 Å². The zero-order valence-electron chi connectivity index (χ0n) is 7.95. The van der Waals surface area contributed by atoms with E-state index in [1.165, 1.54) is 6.08 Å². The van der Waals surface area contributed by atoms with Crippen molar-refractivity contribution in [3.8, 4) is 0 Å². The first-order valence-corrected chi connectivity index (χ1v) is 3.98. The lowest BCUT2D eigenvalue weighted by Gasteiger charge is -1.93. The lowest BCUT2D eigenvalue weighted by Crippen LogP contribution is -1.86. The van der Waals surface area contributed by atoms with Gasteiger partial charge in [0, 0.05) is 6.08 Å². The highest BCUT2D eigenvalue weighted by Crippen LogP contribution is 2.04. The number of rotatable bonds is 4. The maximum atomic E-state index is 10.2. The highest BCUT2D eigenvalue weighted by molar-refractivity contribution is 5.80. The topological polar surface area (TPSA) is 37.3 Å². The first-order valence-electron chi connectivity index (χ1n) is 3.98. The first kappa shape index (κ1) is 11.4. The zero-order valence-corrected chi connectivity index (χ0v) is 7.95. The molecule has 0 aliphatic rings. The van der Waals surface area contributed by atoms with Crippen LogP contribution in [0.5, 0.6) is 0 Å². The van der Waals surface area contributed by atoms with Gasteiger partial charge < -0.3 is 5.11 Å². The normalized spacial score (nSPS) is 13.4. The van der Waals surface area contributed by atoms with Crippen LogP contribution >= 0.6 is 0 Å². The lowest BCUT2D eigenvalue weighted by atomic mass is 10.1. The molecule has 0 saturated heterocycles. The first-order chi connectivity index (χ1) is 6.10. The molecule has 0 heterocycles. The fourth-order valence-electron chi connectivity index (χ4n) is 0.689. The van der Waals surface area contributed by atoms with Crippen LogP contribution in [-0.4, -0.2) is 11.1 Å². The van der Waals surface area contributed by atoms with Crippen LogP contribution in [0.3, 0.4) is 0 Å². The van der Waals surface area contributed by atoms with Gasteiger partial charge in [-0.15, -0.1) is 0 Å². The summed E-state index contributed by atoms with van der Waals surface area (Å²) in [5.74, 6) is -0.953. The van der Waals surface area contributed by atoms with E-state index in [9.17, 15) is 4.79 Å². The predicted octanol–water partition coefficient (Wildman–Crippen LogP) is 2.71. The standard InChI is InChI=1S/C11H14O2/c1-4-9(3)8-10(5-2)6-7-11(12)13/h4-8H,2H2,1,3H3,(H,12,13)/b7-6+,9-4-,10-8+. The van der Waals surface area contributed by atoms with Crippen LogP contribution in [-0.2, 0) is 4.79 Å². The molecule has 0 atom stereocenters. The average Bonchev–Trinajstić information content (AvgIpc) is 2.11. The Morgan fingerprint density at radius 2 is 2.00 bits per heavy atom. The molecule has 0 aromatic rings. The van der Waals surface area contributed by atoms with Gasteiger partial charge in [-0.1, -0.05) is 30.4 Å². The Hall–Kier alpha value is -1.57. The second kappa shape index (κ2) is 6.00. The van der Waals surface area contributed by atoms with E-state index in [1.54, 1.807) is 6.08 Å². The second-order valence-corrected chi connectivity index (χ2v) is 2.55. The van der Waals surface area contributed by atoms with Crippen molar-refractivity contribution in [1.29, 1.82) is 0 Å². The van der Waals surface area contributed by atoms with Gasteiger partial charge in [-0.05, 0) is 25.5 Å². The third-order valence-corrected chi connectivity index (χ3v) is 1.50. The molecule has 2 heteroatoms. The molecule has 0 bridgehead atoms. The van der Waals surface area contributed by atoms with Crippen LogP contribution < -0.4 is 0 Å². The van der Waals surface area contributed by atoms with Crippen LogP contribution in [0.1, 0.15) is 13.8 Å². The third kappa shape index (κ3) is 5.67. The van der Waals surface area contributed by atoms with Crippen molar-refractivity contribution < 1.29 is 9.90 Å². The minimum absolute atomic E-state index is 0.790. The second-order valence-electron chi connectivity index (χ2n) is 2.55. The maximum Gasteiger partial charge on any atom is 0.328 e. The van der Waals surface area contributed by atoms with Crippen molar-refractivity contribution in [1.82, 2.24) is 0 Å². The fourth-order valence-corrected chi connectivity index (χ4v) is 0.689. The number of hydrogen-bond donors (Lipinski definition) is 1. The number of carboxylic acids is 1. The molecule has 0 fully saturated rings. The molecule has 0 rings (SSSR count). The average molecular weight is 178 g/mol. The molecule has 0 saturated carbocycles. The summed E-state index contributed by atoms with van der Waals surface area (Å²) >= 11 is 0. The monoisotopic (exact) mass is 178 g/mol. The predicted molar refractivity (Wildman–Crippen MR) is 54.5 cm³/mol. The molecule has 1 N–H and O–H groups in total. The Morgan fingerprint density at radius 1 is 1.38 bits per heavy atom. The van der Waals surface area contributed by atoms with E-state index in [0.717, 1.165) is 17.2 Å². The number of hydrogen-bond acceptors (Lipinski definition) is 1. The minimum Gasteiger partial charge on any atom is -0.478 e. The van der Waals surface area contributed by atoms with Gasteiger partial charge >= 0.3 is 5.97 Å². The molecular formula is C11H14O2. The summed E-state index contributed by atoms with van der Waals surface area (Å²) in [6.07, 6.45) is 8.04. The lowest BCUT2D eigenvalue weighted by molar-refractivity contribution is -0.131. The summed E-state index contributed by atoms with van der Waals surface area (Å²) in [6, 6.07) is 0. The molecule has 0 aliphatic carbocycles. The summed E-state index contributed by atoms with van der Waals surface area (Å²) in [5, 5.41) is 8.39. The molecule has 0 unspecified atom stereocenters. The Morgan fingerprint density at radius 3 is 2.38 bits per heavy atom. The molecule has 70 valence electrons. The van der Waals surface area contributed by atoms with E-state index in [4.69, 9.17) is 5.11 Å². The summed E-state index contributed by atoms with van der Waals surface area (Å²) in [6.45, 7) is 7.45. The Labute approximate surface area is 78.6 Å². The van der Waals surface area contributed by atoms with Gasteiger partial charge in [0.2, 0.25) is 0 Å².